The van der Waals surface area contributed by atoms with Gasteiger partial charge in [-0.25, -0.2) is 0 Å². The number of rotatable bonds is 1. The van der Waals surface area contributed by atoms with E-state index in [1.165, 1.54) is 11.8 Å². The zero-order valence-electron chi connectivity index (χ0n) is 9.34. The normalized spacial score (nSPS) is 17.5. The molecule has 0 radical (unpaired) electrons. The quantitative estimate of drug-likeness (QED) is 0.456. The molecule has 1 aromatic rings. The maximum Gasteiger partial charge on any atom is 0.0920 e. The van der Waals surface area contributed by atoms with Crippen molar-refractivity contribution < 1.29 is 5.21 Å². The summed E-state index contributed by atoms with van der Waals surface area (Å²) in [6.07, 6.45) is 2.33. The van der Waals surface area contributed by atoms with Gasteiger partial charge >= 0.3 is 0 Å². The van der Waals surface area contributed by atoms with E-state index in [2.05, 4.69) is 30.1 Å². The zero-order chi connectivity index (χ0) is 10.9. The first-order chi connectivity index (χ1) is 7.12. The number of halogens is 1. The highest BCUT2D eigenvalue weighted by Crippen LogP contribution is 2.26. The fraction of sp³-hybridized carbons (Fsp3) is 0.333. The molecule has 1 aliphatic rings. The van der Waals surface area contributed by atoms with Crippen LogP contribution in [0.3, 0.4) is 0 Å². The first-order valence-electron chi connectivity index (χ1n) is 4.98. The van der Waals surface area contributed by atoms with E-state index in [1.807, 2.05) is 18.2 Å². The topological polar surface area (TPSA) is 45.0 Å². The van der Waals surface area contributed by atoms with Crippen molar-refractivity contribution in [3.05, 3.63) is 35.4 Å². The average molecular weight is 239 g/mol. The lowest BCUT2D eigenvalue weighted by atomic mass is 9.87. The lowest BCUT2D eigenvalue weighted by molar-refractivity contribution is 0.322. The molecule has 3 nitrogen and oxygen atoms in total. The Bertz CT molecular complexity index is 438. The molecule has 0 aromatic heterocycles. The minimum atomic E-state index is -0.120. The van der Waals surface area contributed by atoms with Gasteiger partial charge in [-0.1, -0.05) is 29.4 Å². The van der Waals surface area contributed by atoms with Gasteiger partial charge < -0.3 is 5.21 Å². The van der Waals surface area contributed by atoms with Crippen LogP contribution in [-0.2, 0) is 6.42 Å². The summed E-state index contributed by atoms with van der Waals surface area (Å²) in [5.41, 5.74) is 2.96. The summed E-state index contributed by atoms with van der Waals surface area (Å²) < 4.78 is 0. The number of oxime groups is 1. The number of fused-ring (bicyclic) bond motifs is 1. The Hall–Kier alpha value is -1.35. The average Bonchev–Trinajstić information content (AvgIpc) is 2.16. The Kier molecular flexibility index (Phi) is 3.70. The molecule has 0 aliphatic carbocycles. The van der Waals surface area contributed by atoms with Crippen LogP contribution in [0.5, 0.6) is 0 Å². The van der Waals surface area contributed by atoms with Crippen molar-refractivity contribution in [2.45, 2.75) is 25.8 Å². The van der Waals surface area contributed by atoms with Crippen LogP contribution < -0.4 is 0 Å². The summed E-state index contributed by atoms with van der Waals surface area (Å²) in [5, 5.41) is 11.7. The molecule has 0 spiro atoms. The minimum Gasteiger partial charge on any atom is -0.411 e. The smallest absolute Gasteiger partial charge is 0.0920 e. The molecule has 0 saturated heterocycles. The van der Waals surface area contributed by atoms with Crippen molar-refractivity contribution in [2.75, 3.05) is 0 Å². The highest BCUT2D eigenvalue weighted by atomic mass is 35.5. The van der Waals surface area contributed by atoms with E-state index in [-0.39, 0.29) is 17.9 Å². The molecule has 1 N–H and O–H groups in total. The van der Waals surface area contributed by atoms with Crippen LogP contribution in [0.4, 0.5) is 0 Å². The molecule has 0 saturated carbocycles. The Balaban J connectivity index is 0.00000128. The van der Waals surface area contributed by atoms with Crippen LogP contribution in [0, 0.1) is 0 Å². The van der Waals surface area contributed by atoms with Crippen molar-refractivity contribution in [3.63, 3.8) is 0 Å². The molecule has 2 rings (SSSR count). The maximum absolute atomic E-state index is 8.60. The third-order valence-corrected chi connectivity index (χ3v) is 2.52. The van der Waals surface area contributed by atoms with E-state index in [1.54, 1.807) is 0 Å². The second kappa shape index (κ2) is 4.66. The van der Waals surface area contributed by atoms with Crippen LogP contribution in [0.15, 0.2) is 34.4 Å². The van der Waals surface area contributed by atoms with Gasteiger partial charge in [0, 0.05) is 5.56 Å². The van der Waals surface area contributed by atoms with Crippen molar-refractivity contribution in [1.29, 1.82) is 0 Å². The van der Waals surface area contributed by atoms with Gasteiger partial charge in [0.1, 0.15) is 0 Å². The van der Waals surface area contributed by atoms with Gasteiger partial charge in [-0.05, 0) is 25.8 Å². The van der Waals surface area contributed by atoms with E-state index in [4.69, 9.17) is 5.21 Å². The van der Waals surface area contributed by atoms with Crippen molar-refractivity contribution in [2.24, 2.45) is 10.1 Å². The molecular weight excluding hydrogens is 224 g/mol. The van der Waals surface area contributed by atoms with Gasteiger partial charge in [-0.15, -0.1) is 12.4 Å². The molecule has 86 valence electrons. The van der Waals surface area contributed by atoms with Gasteiger partial charge in [0.15, 0.2) is 0 Å². The zero-order valence-corrected chi connectivity index (χ0v) is 10.2. The maximum atomic E-state index is 8.60. The van der Waals surface area contributed by atoms with E-state index in [0.717, 1.165) is 17.7 Å². The molecule has 0 atom stereocenters. The van der Waals surface area contributed by atoms with Crippen LogP contribution in [0.1, 0.15) is 25.0 Å². The van der Waals surface area contributed by atoms with E-state index >= 15 is 0 Å². The molecule has 16 heavy (non-hydrogen) atoms. The van der Waals surface area contributed by atoms with E-state index < -0.39 is 0 Å². The SMILES string of the molecule is CC1(C)Cc2ccccc2C(C=NO)=N1.Cl. The van der Waals surface area contributed by atoms with E-state index in [9.17, 15) is 0 Å². The second-order valence-electron chi connectivity index (χ2n) is 4.39. The molecule has 1 aromatic carbocycles. The van der Waals surface area contributed by atoms with Crippen LogP contribution in [0.2, 0.25) is 0 Å². The van der Waals surface area contributed by atoms with Crippen LogP contribution in [-0.4, -0.2) is 22.7 Å². The van der Waals surface area contributed by atoms with Gasteiger partial charge in [-0.2, -0.15) is 0 Å². The predicted octanol–water partition coefficient (Wildman–Crippen LogP) is 2.69. The third-order valence-electron chi connectivity index (χ3n) is 2.52. The predicted molar refractivity (Wildman–Crippen MR) is 68.3 cm³/mol. The molecule has 1 aliphatic heterocycles. The summed E-state index contributed by atoms with van der Waals surface area (Å²) in [5.74, 6) is 0. The molecule has 1 heterocycles. The van der Waals surface area contributed by atoms with Gasteiger partial charge in [0.05, 0.1) is 17.5 Å². The molecular formula is C12H15ClN2O. The molecule has 0 amide bonds. The lowest BCUT2D eigenvalue weighted by Gasteiger charge is -2.27. The number of nitrogens with zero attached hydrogens (tertiary/aromatic N) is 2. The first kappa shape index (κ1) is 12.7. The van der Waals surface area contributed by atoms with Gasteiger partial charge in [-0.3, -0.25) is 4.99 Å². The fourth-order valence-corrected chi connectivity index (χ4v) is 1.97. The van der Waals surface area contributed by atoms with E-state index in [0.29, 0.717) is 0 Å². The van der Waals surface area contributed by atoms with Crippen LogP contribution >= 0.6 is 12.4 Å². The summed E-state index contributed by atoms with van der Waals surface area (Å²) >= 11 is 0. The Morgan fingerprint density at radius 2 is 2.06 bits per heavy atom. The standard InChI is InChI=1S/C12H14N2O.ClH/c1-12(2)7-9-5-3-4-6-10(9)11(14-12)8-13-15;/h3-6,8,15H,7H2,1-2H3;1H. The third kappa shape index (κ3) is 2.42. The highest BCUT2D eigenvalue weighted by molar-refractivity contribution is 6.38. The summed E-state index contributed by atoms with van der Waals surface area (Å²) in [6, 6.07) is 8.09. The summed E-state index contributed by atoms with van der Waals surface area (Å²) in [6.45, 7) is 4.16. The number of benzene rings is 1. The van der Waals surface area contributed by atoms with Crippen LogP contribution in [0.25, 0.3) is 0 Å². The van der Waals surface area contributed by atoms with Crippen molar-refractivity contribution >= 4 is 24.3 Å². The largest absolute Gasteiger partial charge is 0.411 e. The monoisotopic (exact) mass is 238 g/mol. The number of hydrogen-bond donors (Lipinski definition) is 1. The molecule has 0 fully saturated rings. The fourth-order valence-electron chi connectivity index (χ4n) is 1.97. The Morgan fingerprint density at radius 3 is 2.75 bits per heavy atom. The van der Waals surface area contributed by atoms with Gasteiger partial charge in [0.2, 0.25) is 0 Å². The summed E-state index contributed by atoms with van der Waals surface area (Å²) in [4.78, 5) is 4.55. The summed E-state index contributed by atoms with van der Waals surface area (Å²) in [7, 11) is 0. The second-order valence-corrected chi connectivity index (χ2v) is 4.39. The first-order valence-corrected chi connectivity index (χ1v) is 4.98. The van der Waals surface area contributed by atoms with Crippen molar-refractivity contribution in [1.82, 2.24) is 0 Å². The van der Waals surface area contributed by atoms with Gasteiger partial charge in [0.25, 0.3) is 0 Å². The number of aliphatic imine (C=N–C) groups is 1. The Labute approximate surface area is 101 Å². The number of hydrogen-bond acceptors (Lipinski definition) is 3. The minimum absolute atomic E-state index is 0. The highest BCUT2D eigenvalue weighted by Gasteiger charge is 2.25. The van der Waals surface area contributed by atoms with Crippen molar-refractivity contribution in [3.8, 4) is 0 Å². The Morgan fingerprint density at radius 1 is 1.38 bits per heavy atom. The molecule has 0 unspecified atom stereocenters. The molecule has 0 bridgehead atoms. The molecule has 4 heteroatoms. The lowest BCUT2D eigenvalue weighted by Crippen LogP contribution is -2.29.